The predicted octanol–water partition coefficient (Wildman–Crippen LogP) is 19.7. The molecule has 26 nitrogen and oxygen atoms in total. The summed E-state index contributed by atoms with van der Waals surface area (Å²) in [5.41, 5.74) is 20.9. The minimum Gasteiger partial charge on any atom is -0.454 e. The Labute approximate surface area is 758 Å². The number of alkyl halides is 6. The molecule has 1 aliphatic carbocycles. The Morgan fingerprint density at radius 1 is 0.417 bits per heavy atom. The summed E-state index contributed by atoms with van der Waals surface area (Å²) in [6.07, 6.45) is 6.03. The van der Waals surface area contributed by atoms with Crippen LogP contribution in [-0.4, -0.2) is 117 Å². The van der Waals surface area contributed by atoms with Crippen molar-refractivity contribution in [1.82, 2.24) is 51.8 Å². The van der Waals surface area contributed by atoms with Gasteiger partial charge in [0.15, 0.2) is 11.5 Å². The second kappa shape index (κ2) is 40.7. The van der Waals surface area contributed by atoms with Crippen LogP contribution in [0.1, 0.15) is 104 Å². The van der Waals surface area contributed by atoms with Crippen molar-refractivity contribution in [3.05, 3.63) is 333 Å². The zero-order chi connectivity index (χ0) is 92.7. The van der Waals surface area contributed by atoms with Crippen molar-refractivity contribution in [1.29, 1.82) is 0 Å². The summed E-state index contributed by atoms with van der Waals surface area (Å²) >= 11 is 0. The summed E-state index contributed by atoms with van der Waals surface area (Å²) in [6.45, 7) is 12.4. The van der Waals surface area contributed by atoms with E-state index in [1.807, 2.05) is 136 Å². The number of benzene rings is 8. The topological polar surface area (TPSA) is 322 Å². The number of fused-ring (bicyclic) bond motifs is 4. The number of ether oxygens (including phenoxy) is 2. The summed E-state index contributed by atoms with van der Waals surface area (Å²) < 4.78 is 93.6. The van der Waals surface area contributed by atoms with E-state index in [-0.39, 0.29) is 64.1 Å². The highest BCUT2D eigenvalue weighted by molar-refractivity contribution is 6.15. The number of carbonyl (C=O) groups is 4. The summed E-state index contributed by atoms with van der Waals surface area (Å²) in [7, 11) is 8.21. The molecule has 0 radical (unpaired) electrons. The SMILES string of the molecule is C=C1Cc2cc(Nc3cc(Nc4ccccc4C(=O)NC)c(C)cn3)ccc2N1C.CNC(=O)c1ccccc1Nc1cc(Nc2ccc3c(c2)C(C2=CCNCC2)=CC3)ncc1C(F)(F)F.CNC(=O)c1ccccc1Nc1cc(Nc2ccc3c(c2)C(C2=CCNCC2)=NC3)ncc1C(F)(F)F.CNC(=O)c1ccccc1Nc1cc(Nc2ccc3c(c2)OCO3)ncc1C. The van der Waals surface area contributed by atoms with Crippen LogP contribution in [-0.2, 0) is 31.7 Å². The van der Waals surface area contributed by atoms with Crippen molar-refractivity contribution in [2.75, 3.05) is 116 Å². The monoisotopic (exact) mass is 1790 g/mol. The van der Waals surface area contributed by atoms with Crippen LogP contribution < -0.4 is 88.8 Å². The van der Waals surface area contributed by atoms with Crippen molar-refractivity contribution in [2.24, 2.45) is 4.99 Å². The van der Waals surface area contributed by atoms with Gasteiger partial charge in [0.1, 0.15) is 23.3 Å². The second-order valence-corrected chi connectivity index (χ2v) is 31.3. The zero-order valence-corrected chi connectivity index (χ0v) is 73.2. The number of allylic oxidation sites excluding steroid dienone is 3. The Morgan fingerprint density at radius 3 is 1.28 bits per heavy atom. The zero-order valence-electron chi connectivity index (χ0n) is 73.2. The summed E-state index contributed by atoms with van der Waals surface area (Å²) in [6, 6.07) is 57.7. The van der Waals surface area contributed by atoms with Crippen LogP contribution in [0, 0.1) is 13.8 Å². The number of hydrogen-bond acceptors (Lipinski definition) is 22. The van der Waals surface area contributed by atoms with Gasteiger partial charge in [0, 0.05) is 161 Å². The van der Waals surface area contributed by atoms with Gasteiger partial charge in [0.25, 0.3) is 23.6 Å². The molecule has 674 valence electrons. The van der Waals surface area contributed by atoms with Gasteiger partial charge >= 0.3 is 12.4 Å². The maximum Gasteiger partial charge on any atom is 0.419 e. The standard InChI is InChI=1S/C28H26F3N5O.C27H25F3N6O.C24H25N5O.C21H20N4O3/c1-32-27(37)21-4-2-3-5-24(21)36-25-15-26(34-16-23(25)28(29,30)31)35-19-8-6-17-7-9-20(22(17)14-19)18-10-12-33-13-11-18;1-31-26(37)19-4-2-3-5-22(19)36-23-13-24(33-15-21(23)27(28,29)30)35-18-7-6-17-14-34-25(20(17)12-18)16-8-10-32-11-9-16;1-15-14-26-23(27-18-9-10-22-17(12-18)11-16(2)29(22)4)13-21(15)28-20-8-6-5-7-19(20)24(30)25-3;1-13-11-23-20(24-14-7-8-18-19(9-14)28-12-27-18)10-17(13)25-16-6-4-3-5-15(16)21(26)22-2/h2-6,8-10,14-16,33H,7,11-13H2,1H3,(H,32,37)(H2,34,35,36);2-8,12-13,15,32H,9-11,14H2,1H3,(H,31,37)(H2,33,35,36);5-10,12-14H,2,11H2,1,3-4H3,(H,25,30)(H2,26,27,28);3-11H,12H2,1-2H3,(H,22,26)(H2,23,24,25). The quantitative estimate of drug-likeness (QED) is 0.0280. The third kappa shape index (κ3) is 21.6. The summed E-state index contributed by atoms with van der Waals surface area (Å²) in [5.74, 6) is 2.21. The maximum atomic E-state index is 13.8. The Hall–Kier alpha value is -15.8. The number of aliphatic imine (C=N–C) groups is 1. The molecule has 4 amide bonds. The highest BCUT2D eigenvalue weighted by Crippen LogP contribution is 2.44. The number of anilines is 17. The summed E-state index contributed by atoms with van der Waals surface area (Å²) in [5, 5.41) is 42.2. The highest BCUT2D eigenvalue weighted by atomic mass is 19.4. The molecule has 8 aromatic carbocycles. The average Bonchev–Trinajstić information content (AvgIpc) is 1.74. The second-order valence-electron chi connectivity index (χ2n) is 31.3. The number of carbonyl (C=O) groups excluding carboxylic acids is 4. The van der Waals surface area contributed by atoms with Crippen LogP contribution in [0.3, 0.4) is 0 Å². The molecule has 4 aromatic heterocycles. The number of nitrogens with one attached hydrogen (secondary N) is 14. The molecule has 9 heterocycles. The van der Waals surface area contributed by atoms with Crippen molar-refractivity contribution < 1.29 is 55.0 Å². The molecule has 6 aliphatic rings. The first-order valence-electron chi connectivity index (χ1n) is 42.5. The molecule has 12 aromatic rings. The molecule has 18 rings (SSSR count). The predicted molar refractivity (Wildman–Crippen MR) is 508 cm³/mol. The molecule has 0 saturated carbocycles. The van der Waals surface area contributed by atoms with E-state index in [1.165, 1.54) is 65.8 Å². The molecule has 0 saturated heterocycles. The van der Waals surface area contributed by atoms with Crippen LogP contribution in [0.5, 0.6) is 11.5 Å². The van der Waals surface area contributed by atoms with Crippen LogP contribution in [0.25, 0.3) is 5.57 Å². The van der Waals surface area contributed by atoms with E-state index in [2.05, 4.69) is 136 Å². The maximum absolute atomic E-state index is 13.8. The third-order valence-corrected chi connectivity index (χ3v) is 22.5. The molecular weight excluding hydrogens is 1690 g/mol. The molecule has 132 heavy (non-hydrogen) atoms. The van der Waals surface area contributed by atoms with E-state index >= 15 is 0 Å². The molecular formula is C100H96F6N20O6. The number of rotatable bonds is 22. The number of pyridine rings is 4. The van der Waals surface area contributed by atoms with Gasteiger partial charge in [-0.05, 0) is 199 Å². The Balaban J connectivity index is 0.000000135. The highest BCUT2D eigenvalue weighted by Gasteiger charge is 2.37. The third-order valence-electron chi connectivity index (χ3n) is 22.5. The van der Waals surface area contributed by atoms with Crippen LogP contribution in [0.15, 0.2) is 266 Å². The molecule has 0 atom stereocenters. The van der Waals surface area contributed by atoms with Crippen LogP contribution >= 0.6 is 0 Å². The number of para-hydroxylation sites is 4. The Kier molecular flexibility index (Phi) is 28.0. The number of likely N-dealkylation sites (N-methyl/N-ethyl adjacent to an activating group) is 1. The van der Waals surface area contributed by atoms with Gasteiger partial charge < -0.3 is 88.8 Å². The van der Waals surface area contributed by atoms with Gasteiger partial charge in [-0.2, -0.15) is 26.3 Å². The fourth-order valence-electron chi connectivity index (χ4n) is 15.6. The van der Waals surface area contributed by atoms with Crippen LogP contribution in [0.4, 0.5) is 124 Å². The largest absolute Gasteiger partial charge is 0.454 e. The first kappa shape index (κ1) is 90.9. The van der Waals surface area contributed by atoms with Crippen molar-refractivity contribution in [3.63, 3.8) is 0 Å². The number of hydrogen-bond donors (Lipinski definition) is 14. The first-order chi connectivity index (χ1) is 63.8. The Bertz CT molecular complexity index is 6340. The smallest absolute Gasteiger partial charge is 0.419 e. The number of nitrogens with zero attached hydrogens (tertiary/aromatic N) is 6. The fourth-order valence-corrected chi connectivity index (χ4v) is 15.6. The molecule has 5 aliphatic heterocycles. The minimum absolute atomic E-state index is 0.132. The number of aryl methyl sites for hydroxylation is 2. The van der Waals surface area contributed by atoms with Crippen molar-refractivity contribution in [2.45, 2.75) is 58.4 Å². The lowest BCUT2D eigenvalue weighted by Gasteiger charge is -2.18. The van der Waals surface area contributed by atoms with Gasteiger partial charge in [0.05, 0.1) is 79.8 Å². The van der Waals surface area contributed by atoms with Crippen molar-refractivity contribution in [3.8, 4) is 11.5 Å². The molecule has 0 fully saturated rings. The number of aromatic nitrogens is 4. The lowest BCUT2D eigenvalue weighted by Crippen LogP contribution is -2.23. The van der Waals surface area contributed by atoms with E-state index < -0.39 is 35.3 Å². The fraction of sp³-hybridized carbons (Fsp3) is 0.190. The number of halogens is 6. The first-order valence-corrected chi connectivity index (χ1v) is 42.5. The van der Waals surface area contributed by atoms with E-state index in [0.29, 0.717) is 34.9 Å². The molecule has 0 bridgehead atoms. The number of amides is 4. The lowest BCUT2D eigenvalue weighted by molar-refractivity contribution is -0.138. The van der Waals surface area contributed by atoms with Gasteiger partial charge in [-0.1, -0.05) is 85.5 Å². The summed E-state index contributed by atoms with van der Waals surface area (Å²) in [4.78, 5) is 72.6. The van der Waals surface area contributed by atoms with Gasteiger partial charge in [0.2, 0.25) is 6.79 Å². The van der Waals surface area contributed by atoms with E-state index in [0.717, 1.165) is 155 Å². The molecule has 0 unspecified atom stereocenters. The van der Waals surface area contributed by atoms with Gasteiger partial charge in [-0.15, -0.1) is 0 Å². The Morgan fingerprint density at radius 2 is 0.818 bits per heavy atom. The van der Waals surface area contributed by atoms with Gasteiger partial charge in [-0.25, -0.2) is 19.9 Å². The minimum atomic E-state index is -4.64. The molecule has 0 spiro atoms. The van der Waals surface area contributed by atoms with E-state index in [4.69, 9.17) is 14.5 Å². The van der Waals surface area contributed by atoms with Crippen molar-refractivity contribution >= 4 is 132 Å². The van der Waals surface area contributed by atoms with Crippen LogP contribution in [0.2, 0.25) is 0 Å². The average molecular weight is 1790 g/mol. The molecule has 32 heteroatoms. The van der Waals surface area contributed by atoms with E-state index in [1.54, 1.807) is 74.9 Å². The lowest BCUT2D eigenvalue weighted by atomic mass is 9.95. The van der Waals surface area contributed by atoms with Gasteiger partial charge in [-0.3, -0.25) is 24.2 Å². The normalized spacial score (nSPS) is 13.7. The molecule has 14 N–H and O–H groups in total. The van der Waals surface area contributed by atoms with E-state index in [9.17, 15) is 45.5 Å².